The maximum absolute atomic E-state index is 8.89. The Morgan fingerprint density at radius 3 is 2.50 bits per heavy atom. The summed E-state index contributed by atoms with van der Waals surface area (Å²) in [4.78, 5) is 0. The summed E-state index contributed by atoms with van der Waals surface area (Å²) in [5, 5.41) is 17.8. The Labute approximate surface area is 72.7 Å². The summed E-state index contributed by atoms with van der Waals surface area (Å²) in [6.07, 6.45) is 9.50. The van der Waals surface area contributed by atoms with Crippen molar-refractivity contribution < 1.29 is 10.0 Å². The van der Waals surface area contributed by atoms with E-state index in [1.807, 2.05) is 12.2 Å². The third-order valence-electron chi connectivity index (χ3n) is 2.59. The molecule has 0 aromatic heterocycles. The van der Waals surface area contributed by atoms with Gasteiger partial charge in [-0.15, -0.1) is 0 Å². The molecule has 0 aromatic carbocycles. The first-order valence-corrected chi connectivity index (χ1v) is 4.52. The van der Waals surface area contributed by atoms with Gasteiger partial charge in [0.1, 0.15) is 0 Å². The first-order chi connectivity index (χ1) is 5.77. The van der Waals surface area contributed by atoms with Crippen molar-refractivity contribution in [2.24, 2.45) is 5.92 Å². The van der Waals surface area contributed by atoms with Crippen molar-refractivity contribution in [3.05, 3.63) is 23.8 Å². The predicted octanol–water partition coefficient (Wildman–Crippen LogP) is 1.13. The van der Waals surface area contributed by atoms with E-state index in [4.69, 9.17) is 10.0 Å². The highest BCUT2D eigenvalue weighted by atomic mass is 16.4. The van der Waals surface area contributed by atoms with E-state index in [2.05, 4.69) is 6.08 Å². The van der Waals surface area contributed by atoms with Crippen LogP contribution in [0.2, 0.25) is 5.82 Å². The molecule has 0 bridgehead atoms. The highest BCUT2D eigenvalue weighted by molar-refractivity contribution is 6.44. The van der Waals surface area contributed by atoms with Crippen LogP contribution in [0.25, 0.3) is 0 Å². The summed E-state index contributed by atoms with van der Waals surface area (Å²) in [6.45, 7) is 0. The molecule has 2 nitrogen and oxygen atoms in total. The summed E-state index contributed by atoms with van der Waals surface area (Å²) in [6, 6.07) is 0. The lowest BCUT2D eigenvalue weighted by atomic mass is 9.69. The lowest BCUT2D eigenvalue weighted by Gasteiger charge is -2.14. The van der Waals surface area contributed by atoms with Crippen LogP contribution in [0, 0.1) is 5.92 Å². The van der Waals surface area contributed by atoms with Gasteiger partial charge < -0.3 is 10.0 Å². The average Bonchev–Trinajstić information content (AvgIpc) is 2.87. The van der Waals surface area contributed by atoms with Crippen LogP contribution in [-0.4, -0.2) is 17.2 Å². The van der Waals surface area contributed by atoms with Crippen molar-refractivity contribution in [1.29, 1.82) is 0 Å². The SMILES string of the molecule is OB(O)C1C=CC(C2CC2)=CC1. The molecule has 1 fully saturated rings. The van der Waals surface area contributed by atoms with Gasteiger partial charge in [-0.1, -0.05) is 18.2 Å². The molecule has 1 atom stereocenters. The third kappa shape index (κ3) is 1.62. The quantitative estimate of drug-likeness (QED) is 0.600. The van der Waals surface area contributed by atoms with Crippen molar-refractivity contribution in [3.8, 4) is 0 Å². The Morgan fingerprint density at radius 1 is 1.33 bits per heavy atom. The van der Waals surface area contributed by atoms with Gasteiger partial charge in [0.15, 0.2) is 0 Å². The van der Waals surface area contributed by atoms with Gasteiger partial charge in [0.25, 0.3) is 0 Å². The summed E-state index contributed by atoms with van der Waals surface area (Å²) in [7, 11) is -1.20. The van der Waals surface area contributed by atoms with E-state index in [1.165, 1.54) is 18.4 Å². The van der Waals surface area contributed by atoms with Crippen LogP contribution in [0.5, 0.6) is 0 Å². The molecule has 3 heteroatoms. The summed E-state index contributed by atoms with van der Waals surface area (Å²) in [5.41, 5.74) is 1.40. The van der Waals surface area contributed by atoms with Crippen LogP contribution in [0.15, 0.2) is 23.8 Å². The minimum absolute atomic E-state index is 0.0903. The van der Waals surface area contributed by atoms with E-state index >= 15 is 0 Å². The van der Waals surface area contributed by atoms with Crippen LogP contribution in [0.3, 0.4) is 0 Å². The number of allylic oxidation sites excluding steroid dienone is 4. The Hall–Kier alpha value is -0.535. The molecule has 0 aliphatic heterocycles. The second-order valence-electron chi connectivity index (χ2n) is 3.65. The van der Waals surface area contributed by atoms with E-state index < -0.39 is 7.12 Å². The van der Waals surface area contributed by atoms with Gasteiger partial charge in [0.05, 0.1) is 0 Å². The van der Waals surface area contributed by atoms with E-state index in [-0.39, 0.29) is 5.82 Å². The molecule has 12 heavy (non-hydrogen) atoms. The zero-order valence-corrected chi connectivity index (χ0v) is 6.98. The molecule has 2 aliphatic carbocycles. The summed E-state index contributed by atoms with van der Waals surface area (Å²) >= 11 is 0. The van der Waals surface area contributed by atoms with Gasteiger partial charge in [-0.25, -0.2) is 0 Å². The highest BCUT2D eigenvalue weighted by Gasteiger charge is 2.28. The van der Waals surface area contributed by atoms with Gasteiger partial charge in [-0.2, -0.15) is 0 Å². The van der Waals surface area contributed by atoms with Crippen LogP contribution in [0.4, 0.5) is 0 Å². The molecular formula is C9H13BO2. The number of rotatable bonds is 2. The molecule has 2 rings (SSSR count). The monoisotopic (exact) mass is 164 g/mol. The molecule has 0 aromatic rings. The highest BCUT2D eigenvalue weighted by Crippen LogP contribution is 2.39. The molecule has 0 amide bonds. The molecule has 1 unspecified atom stereocenters. The lowest BCUT2D eigenvalue weighted by molar-refractivity contribution is 0.394. The average molecular weight is 164 g/mol. The topological polar surface area (TPSA) is 40.5 Å². The van der Waals surface area contributed by atoms with Gasteiger partial charge in [0, 0.05) is 5.82 Å². The third-order valence-corrected chi connectivity index (χ3v) is 2.59. The standard InChI is InChI=1S/C9H13BO2/c11-10(12)9-5-3-8(4-6-9)7-1-2-7/h3-5,7,9,11-12H,1-2,6H2. The molecule has 1 saturated carbocycles. The molecular weight excluding hydrogens is 151 g/mol. The van der Waals surface area contributed by atoms with E-state index in [1.54, 1.807) is 0 Å². The van der Waals surface area contributed by atoms with Gasteiger partial charge in [-0.3, -0.25) is 0 Å². The Balaban J connectivity index is 1.96. The Kier molecular flexibility index (Phi) is 2.07. The lowest BCUT2D eigenvalue weighted by Crippen LogP contribution is -2.19. The Bertz CT molecular complexity index is 229. The second kappa shape index (κ2) is 3.07. The van der Waals surface area contributed by atoms with Crippen molar-refractivity contribution in [2.45, 2.75) is 25.1 Å². The van der Waals surface area contributed by atoms with Crippen LogP contribution >= 0.6 is 0 Å². The molecule has 2 N–H and O–H groups in total. The first-order valence-electron chi connectivity index (χ1n) is 4.52. The van der Waals surface area contributed by atoms with E-state index in [0.717, 1.165) is 12.3 Å². The molecule has 2 aliphatic rings. The zero-order chi connectivity index (χ0) is 8.55. The van der Waals surface area contributed by atoms with Crippen molar-refractivity contribution in [3.63, 3.8) is 0 Å². The van der Waals surface area contributed by atoms with Crippen LogP contribution in [0.1, 0.15) is 19.3 Å². The fraction of sp³-hybridized carbons (Fsp3) is 0.556. The van der Waals surface area contributed by atoms with Crippen molar-refractivity contribution >= 4 is 7.12 Å². The predicted molar refractivity (Wildman–Crippen MR) is 48.5 cm³/mol. The van der Waals surface area contributed by atoms with E-state index in [0.29, 0.717) is 0 Å². The smallest absolute Gasteiger partial charge is 0.427 e. The molecule has 0 spiro atoms. The Morgan fingerprint density at radius 2 is 2.08 bits per heavy atom. The largest absolute Gasteiger partial charge is 0.459 e. The first kappa shape index (κ1) is 8.08. The van der Waals surface area contributed by atoms with Gasteiger partial charge in [0.2, 0.25) is 0 Å². The number of hydrogen-bond acceptors (Lipinski definition) is 2. The minimum atomic E-state index is -1.20. The van der Waals surface area contributed by atoms with Crippen molar-refractivity contribution in [1.82, 2.24) is 0 Å². The van der Waals surface area contributed by atoms with Gasteiger partial charge in [-0.05, 0) is 30.8 Å². The van der Waals surface area contributed by atoms with Crippen LogP contribution in [-0.2, 0) is 0 Å². The summed E-state index contributed by atoms with van der Waals surface area (Å²) < 4.78 is 0. The fourth-order valence-electron chi connectivity index (χ4n) is 1.59. The van der Waals surface area contributed by atoms with Crippen molar-refractivity contribution in [2.75, 3.05) is 0 Å². The maximum atomic E-state index is 8.89. The van der Waals surface area contributed by atoms with Gasteiger partial charge >= 0.3 is 7.12 Å². The normalized spacial score (nSPS) is 28.5. The second-order valence-corrected chi connectivity index (χ2v) is 3.65. The number of hydrogen-bond donors (Lipinski definition) is 2. The molecule has 0 heterocycles. The molecule has 0 radical (unpaired) electrons. The minimum Gasteiger partial charge on any atom is -0.427 e. The maximum Gasteiger partial charge on any atom is 0.459 e. The fourth-order valence-corrected chi connectivity index (χ4v) is 1.59. The molecule has 0 saturated heterocycles. The van der Waals surface area contributed by atoms with Crippen LogP contribution < -0.4 is 0 Å². The molecule has 64 valence electrons. The zero-order valence-electron chi connectivity index (χ0n) is 6.98. The van der Waals surface area contributed by atoms with E-state index in [9.17, 15) is 0 Å². The summed E-state index contributed by atoms with van der Waals surface area (Å²) in [5.74, 6) is 0.686.